The highest BCUT2D eigenvalue weighted by Crippen LogP contribution is 2.16. The zero-order valence-corrected chi connectivity index (χ0v) is 9.68. The number of rotatable bonds is 3. The number of nitrogens with one attached hydrogen (secondary N) is 1. The summed E-state index contributed by atoms with van der Waals surface area (Å²) >= 11 is 0. The number of primary amides is 1. The van der Waals surface area contributed by atoms with Crippen LogP contribution >= 0.6 is 0 Å². The summed E-state index contributed by atoms with van der Waals surface area (Å²) in [4.78, 5) is 34.6. The Morgan fingerprint density at radius 1 is 1.35 bits per heavy atom. The van der Waals surface area contributed by atoms with Crippen molar-refractivity contribution >= 4 is 17.9 Å². The summed E-state index contributed by atoms with van der Waals surface area (Å²) in [5.41, 5.74) is 5.17. The van der Waals surface area contributed by atoms with E-state index in [-0.39, 0.29) is 11.8 Å². The Bertz CT molecular complexity index is 324. The molecule has 0 bridgehead atoms. The number of likely N-dealkylation sites (tertiary alicyclic amines) is 1. The number of carboxylic acid groups (broad SMARTS) is 1. The van der Waals surface area contributed by atoms with Gasteiger partial charge in [0.15, 0.2) is 0 Å². The molecule has 1 saturated heterocycles. The van der Waals surface area contributed by atoms with Crippen LogP contribution in [0.15, 0.2) is 0 Å². The summed E-state index contributed by atoms with van der Waals surface area (Å²) < 4.78 is 0. The van der Waals surface area contributed by atoms with E-state index in [2.05, 4.69) is 5.32 Å². The van der Waals surface area contributed by atoms with Gasteiger partial charge in [0.2, 0.25) is 5.91 Å². The molecule has 0 aromatic carbocycles. The Labute approximate surface area is 98.9 Å². The number of carbonyl (C=O) groups is 3. The Hall–Kier alpha value is -1.79. The fourth-order valence-corrected chi connectivity index (χ4v) is 1.71. The third-order valence-electron chi connectivity index (χ3n) is 2.89. The first kappa shape index (κ1) is 13.3. The average molecular weight is 243 g/mol. The number of aliphatic carboxylic acids is 1. The van der Waals surface area contributed by atoms with E-state index in [1.54, 1.807) is 0 Å². The van der Waals surface area contributed by atoms with Crippen molar-refractivity contribution in [1.29, 1.82) is 0 Å². The van der Waals surface area contributed by atoms with E-state index in [1.165, 1.54) is 11.8 Å². The first-order valence-corrected chi connectivity index (χ1v) is 5.49. The number of urea groups is 1. The maximum Gasteiger partial charge on any atom is 0.325 e. The molecular formula is C10H17N3O4. The van der Waals surface area contributed by atoms with Crippen LogP contribution in [0.25, 0.3) is 0 Å². The van der Waals surface area contributed by atoms with Crippen molar-refractivity contribution in [2.24, 2.45) is 11.7 Å². The van der Waals surface area contributed by atoms with Gasteiger partial charge in [-0.2, -0.15) is 0 Å². The molecule has 1 aliphatic heterocycles. The van der Waals surface area contributed by atoms with Gasteiger partial charge in [0.05, 0.1) is 0 Å². The molecule has 0 unspecified atom stereocenters. The van der Waals surface area contributed by atoms with Crippen LogP contribution in [-0.4, -0.2) is 47.0 Å². The third-order valence-corrected chi connectivity index (χ3v) is 2.89. The maximum atomic E-state index is 11.6. The molecule has 0 spiro atoms. The Balaban J connectivity index is 2.41. The molecular weight excluding hydrogens is 226 g/mol. The summed E-state index contributed by atoms with van der Waals surface area (Å²) in [5, 5.41) is 11.0. The first-order chi connectivity index (χ1) is 7.91. The normalized spacial score (nSPS) is 18.5. The van der Waals surface area contributed by atoms with Crippen molar-refractivity contribution in [3.05, 3.63) is 0 Å². The summed E-state index contributed by atoms with van der Waals surface area (Å²) in [6, 6.07) is -1.33. The third kappa shape index (κ3) is 3.61. The minimum atomic E-state index is -1.08. The lowest BCUT2D eigenvalue weighted by Gasteiger charge is -2.31. The molecule has 7 heteroatoms. The summed E-state index contributed by atoms with van der Waals surface area (Å²) in [6.07, 6.45) is 1.06. The lowest BCUT2D eigenvalue weighted by atomic mass is 9.96. The van der Waals surface area contributed by atoms with Crippen LogP contribution in [-0.2, 0) is 9.59 Å². The standard InChI is InChI=1S/C10H17N3O4/c1-6(9(15)16)12-10(17)13-4-2-7(3-5-13)8(11)14/h6-7H,2-5H2,1H3,(H2,11,14)(H,12,17)(H,15,16)/t6-/m1/s1. The molecule has 3 amide bonds. The minimum absolute atomic E-state index is 0.184. The summed E-state index contributed by atoms with van der Waals surface area (Å²) in [5.74, 6) is -1.61. The van der Waals surface area contributed by atoms with Gasteiger partial charge in [0.1, 0.15) is 6.04 Å². The molecule has 0 aliphatic carbocycles. The van der Waals surface area contributed by atoms with Gasteiger partial charge in [-0.25, -0.2) is 4.79 Å². The predicted molar refractivity (Wildman–Crippen MR) is 59.1 cm³/mol. The number of nitrogens with zero attached hydrogens (tertiary/aromatic N) is 1. The van der Waals surface area contributed by atoms with Crippen molar-refractivity contribution in [1.82, 2.24) is 10.2 Å². The molecule has 0 radical (unpaired) electrons. The second kappa shape index (κ2) is 5.51. The number of hydrogen-bond acceptors (Lipinski definition) is 3. The Morgan fingerprint density at radius 2 is 1.88 bits per heavy atom. The Morgan fingerprint density at radius 3 is 2.29 bits per heavy atom. The molecule has 1 heterocycles. The van der Waals surface area contributed by atoms with Gasteiger partial charge in [0.25, 0.3) is 0 Å². The zero-order valence-electron chi connectivity index (χ0n) is 9.68. The van der Waals surface area contributed by atoms with E-state index in [0.29, 0.717) is 25.9 Å². The van der Waals surface area contributed by atoms with Crippen molar-refractivity contribution < 1.29 is 19.5 Å². The molecule has 96 valence electrons. The second-order valence-electron chi connectivity index (χ2n) is 4.17. The summed E-state index contributed by atoms with van der Waals surface area (Å²) in [7, 11) is 0. The summed E-state index contributed by atoms with van der Waals surface area (Å²) in [6.45, 7) is 2.24. The highest BCUT2D eigenvalue weighted by atomic mass is 16.4. The molecule has 0 aromatic heterocycles. The van der Waals surface area contributed by atoms with Crippen LogP contribution in [0.1, 0.15) is 19.8 Å². The fourth-order valence-electron chi connectivity index (χ4n) is 1.71. The van der Waals surface area contributed by atoms with Crippen LogP contribution in [0.4, 0.5) is 4.79 Å². The van der Waals surface area contributed by atoms with Crippen molar-refractivity contribution in [3.63, 3.8) is 0 Å². The molecule has 17 heavy (non-hydrogen) atoms. The number of amides is 3. The number of nitrogens with two attached hydrogens (primary N) is 1. The predicted octanol–water partition coefficient (Wildman–Crippen LogP) is -0.634. The monoisotopic (exact) mass is 243 g/mol. The van der Waals surface area contributed by atoms with Gasteiger partial charge in [0, 0.05) is 19.0 Å². The highest BCUT2D eigenvalue weighted by Gasteiger charge is 2.27. The lowest BCUT2D eigenvalue weighted by molar-refractivity contribution is -0.138. The largest absolute Gasteiger partial charge is 0.480 e. The van der Waals surface area contributed by atoms with Crippen LogP contribution in [0.2, 0.25) is 0 Å². The minimum Gasteiger partial charge on any atom is -0.480 e. The average Bonchev–Trinajstić information content (AvgIpc) is 2.28. The molecule has 7 nitrogen and oxygen atoms in total. The van der Waals surface area contributed by atoms with Crippen molar-refractivity contribution in [2.75, 3.05) is 13.1 Å². The molecule has 1 atom stereocenters. The maximum absolute atomic E-state index is 11.6. The van der Waals surface area contributed by atoms with Crippen LogP contribution in [0.5, 0.6) is 0 Å². The van der Waals surface area contributed by atoms with E-state index in [4.69, 9.17) is 10.8 Å². The molecule has 0 saturated carbocycles. The van der Waals surface area contributed by atoms with E-state index < -0.39 is 18.0 Å². The lowest BCUT2D eigenvalue weighted by Crippen LogP contribution is -2.50. The van der Waals surface area contributed by atoms with Gasteiger partial charge < -0.3 is 21.1 Å². The van der Waals surface area contributed by atoms with E-state index in [9.17, 15) is 14.4 Å². The SMILES string of the molecule is C[C@@H](NC(=O)N1CCC(C(N)=O)CC1)C(=O)O. The smallest absolute Gasteiger partial charge is 0.325 e. The van der Waals surface area contributed by atoms with Gasteiger partial charge in [-0.05, 0) is 19.8 Å². The Kier molecular flexibility index (Phi) is 4.30. The van der Waals surface area contributed by atoms with E-state index >= 15 is 0 Å². The van der Waals surface area contributed by atoms with Gasteiger partial charge >= 0.3 is 12.0 Å². The molecule has 4 N–H and O–H groups in total. The number of hydrogen-bond donors (Lipinski definition) is 3. The molecule has 0 aromatic rings. The van der Waals surface area contributed by atoms with Gasteiger partial charge in [-0.15, -0.1) is 0 Å². The number of carboxylic acids is 1. The molecule has 1 rings (SSSR count). The second-order valence-corrected chi connectivity index (χ2v) is 4.17. The zero-order chi connectivity index (χ0) is 13.0. The quantitative estimate of drug-likeness (QED) is 0.612. The first-order valence-electron chi connectivity index (χ1n) is 5.49. The van der Waals surface area contributed by atoms with E-state index in [0.717, 1.165) is 0 Å². The number of piperidine rings is 1. The van der Waals surface area contributed by atoms with Crippen LogP contribution in [0.3, 0.4) is 0 Å². The van der Waals surface area contributed by atoms with Crippen LogP contribution < -0.4 is 11.1 Å². The molecule has 1 fully saturated rings. The van der Waals surface area contributed by atoms with Gasteiger partial charge in [-0.1, -0.05) is 0 Å². The van der Waals surface area contributed by atoms with E-state index in [1.807, 2.05) is 0 Å². The van der Waals surface area contributed by atoms with Crippen LogP contribution in [0, 0.1) is 5.92 Å². The molecule has 1 aliphatic rings. The number of carbonyl (C=O) groups excluding carboxylic acids is 2. The van der Waals surface area contributed by atoms with Crippen molar-refractivity contribution in [2.45, 2.75) is 25.8 Å². The van der Waals surface area contributed by atoms with Crippen molar-refractivity contribution in [3.8, 4) is 0 Å². The topological polar surface area (TPSA) is 113 Å². The fraction of sp³-hybridized carbons (Fsp3) is 0.700. The van der Waals surface area contributed by atoms with Gasteiger partial charge in [-0.3, -0.25) is 9.59 Å². The highest BCUT2D eigenvalue weighted by molar-refractivity contribution is 5.82.